The number of carboxylic acid groups (broad SMARTS) is 2. The van der Waals surface area contributed by atoms with E-state index in [0.717, 1.165) is 0 Å². The summed E-state index contributed by atoms with van der Waals surface area (Å²) in [5.74, 6) is -0.412. The lowest BCUT2D eigenvalue weighted by molar-refractivity contribution is 0.00578. The van der Waals surface area contributed by atoms with Gasteiger partial charge in [0, 0.05) is 16.3 Å². The van der Waals surface area contributed by atoms with Gasteiger partial charge in [-0.1, -0.05) is 41.5 Å². The van der Waals surface area contributed by atoms with E-state index in [2.05, 4.69) is 9.97 Å². The average Bonchev–Trinajstić information content (AvgIpc) is 2.71. The molecular formula is C20H32BN3O6. The molecule has 0 aromatic carbocycles. The van der Waals surface area contributed by atoms with E-state index < -0.39 is 47.3 Å². The highest BCUT2D eigenvalue weighted by Crippen LogP contribution is 2.38. The first kappa shape index (κ1) is 24.1. The highest BCUT2D eigenvalue weighted by molar-refractivity contribution is 6.63. The largest absolute Gasteiger partial charge is 0.498 e. The lowest BCUT2D eigenvalue weighted by Crippen LogP contribution is -2.48. The molecule has 0 saturated carbocycles. The molecule has 1 aliphatic rings. The number of nitrogens with zero attached hydrogens (tertiary/aromatic N) is 3. The van der Waals surface area contributed by atoms with Gasteiger partial charge in [0.1, 0.15) is 0 Å². The molecule has 2 heterocycles. The normalized spacial score (nSPS) is 18.4. The van der Waals surface area contributed by atoms with Gasteiger partial charge in [0.15, 0.2) is 0 Å². The second-order valence-corrected chi connectivity index (χ2v) is 10.6. The van der Waals surface area contributed by atoms with Crippen LogP contribution >= 0.6 is 0 Å². The third kappa shape index (κ3) is 4.29. The van der Waals surface area contributed by atoms with Gasteiger partial charge in [-0.3, -0.25) is 0 Å². The van der Waals surface area contributed by atoms with Gasteiger partial charge < -0.3 is 19.5 Å². The zero-order chi connectivity index (χ0) is 23.4. The summed E-state index contributed by atoms with van der Waals surface area (Å²) >= 11 is 0. The molecule has 1 aromatic rings. The Morgan fingerprint density at radius 1 is 0.833 bits per heavy atom. The number of amides is 2. The van der Waals surface area contributed by atoms with Crippen molar-refractivity contribution in [3.8, 4) is 0 Å². The van der Waals surface area contributed by atoms with Gasteiger partial charge in [0.2, 0.25) is 5.95 Å². The minimum absolute atomic E-state index is 0.124. The zero-order valence-electron chi connectivity index (χ0n) is 19.4. The Bertz CT molecular complexity index is 805. The molecule has 1 fully saturated rings. The zero-order valence-corrected chi connectivity index (χ0v) is 19.4. The molecule has 0 atom stereocenters. The maximum absolute atomic E-state index is 11.6. The average molecular weight is 421 g/mol. The Hall–Kier alpha value is -2.20. The quantitative estimate of drug-likeness (QED) is 0.696. The number of hydrogen-bond acceptors (Lipinski definition) is 6. The van der Waals surface area contributed by atoms with Crippen LogP contribution in [0.5, 0.6) is 0 Å². The maximum atomic E-state index is 11.6. The van der Waals surface area contributed by atoms with Crippen LogP contribution < -0.4 is 10.4 Å². The molecule has 0 bridgehead atoms. The van der Waals surface area contributed by atoms with Crippen LogP contribution in [0.4, 0.5) is 15.5 Å². The fourth-order valence-corrected chi connectivity index (χ4v) is 3.14. The van der Waals surface area contributed by atoms with Crippen molar-refractivity contribution in [3.05, 3.63) is 11.4 Å². The number of anilines is 1. The first-order chi connectivity index (χ1) is 13.3. The fraction of sp³-hybridized carbons (Fsp3) is 0.700. The lowest BCUT2D eigenvalue weighted by Gasteiger charge is -2.32. The van der Waals surface area contributed by atoms with Gasteiger partial charge in [-0.2, -0.15) is 0 Å². The van der Waals surface area contributed by atoms with Gasteiger partial charge >= 0.3 is 19.3 Å². The van der Waals surface area contributed by atoms with Crippen molar-refractivity contribution in [1.29, 1.82) is 0 Å². The second-order valence-electron chi connectivity index (χ2n) is 10.6. The molecule has 166 valence electrons. The van der Waals surface area contributed by atoms with E-state index in [4.69, 9.17) is 9.31 Å². The van der Waals surface area contributed by atoms with Crippen molar-refractivity contribution in [3.63, 3.8) is 0 Å². The first-order valence-electron chi connectivity index (χ1n) is 9.84. The predicted molar refractivity (Wildman–Crippen MR) is 114 cm³/mol. The van der Waals surface area contributed by atoms with Crippen LogP contribution in [0.25, 0.3) is 0 Å². The summed E-state index contributed by atoms with van der Waals surface area (Å²) in [4.78, 5) is 32.1. The summed E-state index contributed by atoms with van der Waals surface area (Å²) < 4.78 is 12.5. The predicted octanol–water partition coefficient (Wildman–Crippen LogP) is 3.53. The molecule has 10 heteroatoms. The summed E-state index contributed by atoms with van der Waals surface area (Å²) in [5.41, 5.74) is -0.789. The maximum Gasteiger partial charge on any atom is 0.498 e. The van der Waals surface area contributed by atoms with Gasteiger partial charge in [-0.25, -0.2) is 19.6 Å². The Kier molecular flexibility index (Phi) is 5.78. The summed E-state index contributed by atoms with van der Waals surface area (Å²) in [7, 11) is -0.782. The highest BCUT2D eigenvalue weighted by atomic mass is 16.7. The van der Waals surface area contributed by atoms with Crippen molar-refractivity contribution in [1.82, 2.24) is 9.97 Å². The standard InChI is InChI=1S/C20H32BN3O6/c1-17(2,3)12-11(21-29-19(7,8)20(9,10)30-21)13(18(4,5)6)23-14(22-12)24(15(25)26)16(27)28/h1-10H3,(H,25,26)(H,27,28). The molecule has 1 aliphatic heterocycles. The molecule has 0 unspecified atom stereocenters. The Balaban J connectivity index is 2.88. The topological polar surface area (TPSA) is 122 Å². The number of aromatic nitrogens is 2. The summed E-state index contributed by atoms with van der Waals surface area (Å²) in [6, 6.07) is 0. The number of imide groups is 1. The van der Waals surface area contributed by atoms with Crippen LogP contribution in [0.1, 0.15) is 80.6 Å². The SMILES string of the molecule is CC(C)(C)c1nc(N(C(=O)O)C(=O)O)nc(C(C)(C)C)c1B1OC(C)(C)C(C)(C)O1. The van der Waals surface area contributed by atoms with Crippen LogP contribution in [0.2, 0.25) is 0 Å². The summed E-state index contributed by atoms with van der Waals surface area (Å²) in [6.45, 7) is 19.2. The van der Waals surface area contributed by atoms with Crippen LogP contribution in [-0.4, -0.2) is 50.7 Å². The first-order valence-corrected chi connectivity index (χ1v) is 9.84. The second kappa shape index (κ2) is 7.20. The lowest BCUT2D eigenvalue weighted by atomic mass is 9.67. The highest BCUT2D eigenvalue weighted by Gasteiger charge is 2.54. The monoisotopic (exact) mass is 421 g/mol. The fourth-order valence-electron chi connectivity index (χ4n) is 3.14. The van der Waals surface area contributed by atoms with E-state index in [1.807, 2.05) is 69.2 Å². The minimum atomic E-state index is -1.68. The van der Waals surface area contributed by atoms with Gasteiger partial charge in [-0.05, 0) is 27.7 Å². The van der Waals surface area contributed by atoms with Crippen LogP contribution in [0.3, 0.4) is 0 Å². The number of hydrogen-bond donors (Lipinski definition) is 2. The van der Waals surface area contributed by atoms with E-state index in [0.29, 0.717) is 16.9 Å². The molecule has 30 heavy (non-hydrogen) atoms. The van der Waals surface area contributed by atoms with E-state index in [9.17, 15) is 19.8 Å². The van der Waals surface area contributed by atoms with Crippen molar-refractivity contribution in [2.24, 2.45) is 0 Å². The molecular weight excluding hydrogens is 389 g/mol. The molecule has 1 aromatic heterocycles. The van der Waals surface area contributed by atoms with Crippen molar-refractivity contribution < 1.29 is 29.1 Å². The Labute approximate surface area is 177 Å². The molecule has 9 nitrogen and oxygen atoms in total. The van der Waals surface area contributed by atoms with Gasteiger partial charge in [0.05, 0.1) is 22.6 Å². The van der Waals surface area contributed by atoms with Crippen molar-refractivity contribution in [2.75, 3.05) is 4.90 Å². The Morgan fingerprint density at radius 2 is 1.17 bits per heavy atom. The Morgan fingerprint density at radius 3 is 1.43 bits per heavy atom. The van der Waals surface area contributed by atoms with E-state index >= 15 is 0 Å². The molecule has 1 saturated heterocycles. The molecule has 2 amide bonds. The smallest absolute Gasteiger partial charge is 0.464 e. The number of rotatable bonds is 2. The molecule has 2 N–H and O–H groups in total. The number of carbonyl (C=O) groups is 2. The molecule has 0 aliphatic carbocycles. The third-order valence-electron chi connectivity index (χ3n) is 5.43. The molecule has 0 radical (unpaired) electrons. The van der Waals surface area contributed by atoms with E-state index in [1.165, 1.54) is 0 Å². The van der Waals surface area contributed by atoms with Gasteiger partial charge in [-0.15, -0.1) is 4.90 Å². The van der Waals surface area contributed by atoms with Crippen LogP contribution in [-0.2, 0) is 20.1 Å². The molecule has 2 rings (SSSR count). The minimum Gasteiger partial charge on any atom is -0.464 e. The summed E-state index contributed by atoms with van der Waals surface area (Å²) in [6.07, 6.45) is -3.35. The van der Waals surface area contributed by atoms with Crippen LogP contribution in [0, 0.1) is 0 Å². The van der Waals surface area contributed by atoms with Crippen molar-refractivity contribution >= 4 is 30.7 Å². The molecule has 0 spiro atoms. The van der Waals surface area contributed by atoms with Crippen molar-refractivity contribution in [2.45, 2.75) is 91.3 Å². The van der Waals surface area contributed by atoms with E-state index in [-0.39, 0.29) is 4.90 Å². The third-order valence-corrected chi connectivity index (χ3v) is 5.43. The van der Waals surface area contributed by atoms with Crippen LogP contribution in [0.15, 0.2) is 0 Å². The van der Waals surface area contributed by atoms with E-state index in [1.54, 1.807) is 0 Å². The summed E-state index contributed by atoms with van der Waals surface area (Å²) in [5, 5.41) is 18.8. The van der Waals surface area contributed by atoms with Gasteiger partial charge in [0.25, 0.3) is 0 Å².